The Morgan fingerprint density at radius 3 is 2.57 bits per heavy atom. The number of ether oxygens (including phenoxy) is 2. The predicted octanol–water partition coefficient (Wildman–Crippen LogP) is 2.57. The number of hydrogen-bond donors (Lipinski definition) is 2. The van der Waals surface area contributed by atoms with Crippen molar-refractivity contribution in [1.82, 2.24) is 15.2 Å². The van der Waals surface area contributed by atoms with Crippen molar-refractivity contribution in [2.24, 2.45) is 5.92 Å². The zero-order valence-corrected chi connectivity index (χ0v) is 14.0. The van der Waals surface area contributed by atoms with Crippen molar-refractivity contribution in [3.63, 3.8) is 0 Å². The zero-order chi connectivity index (χ0) is 16.7. The monoisotopic (exact) mass is 317 g/mol. The third kappa shape index (κ3) is 4.98. The molecule has 124 valence electrons. The van der Waals surface area contributed by atoms with Gasteiger partial charge in [-0.05, 0) is 23.6 Å². The lowest BCUT2D eigenvalue weighted by molar-refractivity contribution is 0.354. The van der Waals surface area contributed by atoms with Crippen LogP contribution >= 0.6 is 0 Å². The lowest BCUT2D eigenvalue weighted by atomic mass is 10.2. The molecule has 0 aliphatic carbocycles. The van der Waals surface area contributed by atoms with Crippen LogP contribution in [0.1, 0.15) is 19.4 Å². The molecule has 0 radical (unpaired) electrons. The molecule has 1 aromatic carbocycles. The van der Waals surface area contributed by atoms with E-state index in [1.807, 2.05) is 18.2 Å². The van der Waals surface area contributed by atoms with Crippen molar-refractivity contribution in [1.29, 1.82) is 0 Å². The van der Waals surface area contributed by atoms with Gasteiger partial charge in [0.25, 0.3) is 0 Å². The molecule has 0 unspecified atom stereocenters. The van der Waals surface area contributed by atoms with Crippen molar-refractivity contribution in [3.8, 4) is 11.5 Å². The Balaban J connectivity index is 1.99. The van der Waals surface area contributed by atoms with E-state index in [4.69, 9.17) is 9.47 Å². The second-order valence-corrected chi connectivity index (χ2v) is 5.48. The molecule has 0 bridgehead atoms. The fraction of sp³-hybridized carbons (Fsp3) is 0.438. The minimum absolute atomic E-state index is 0.480. The van der Waals surface area contributed by atoms with Gasteiger partial charge in [0.15, 0.2) is 17.3 Å². The van der Waals surface area contributed by atoms with E-state index in [0.29, 0.717) is 35.7 Å². The highest BCUT2D eigenvalue weighted by Crippen LogP contribution is 2.27. The maximum Gasteiger partial charge on any atom is 0.244 e. The van der Waals surface area contributed by atoms with E-state index < -0.39 is 0 Å². The molecule has 1 aromatic heterocycles. The molecule has 1 heterocycles. The van der Waals surface area contributed by atoms with Gasteiger partial charge in [-0.3, -0.25) is 0 Å². The van der Waals surface area contributed by atoms with Gasteiger partial charge in [-0.1, -0.05) is 19.9 Å². The number of hydrogen-bond acceptors (Lipinski definition) is 7. The number of aromatic nitrogens is 3. The van der Waals surface area contributed by atoms with E-state index >= 15 is 0 Å². The normalized spacial score (nSPS) is 10.5. The molecule has 0 saturated heterocycles. The Morgan fingerprint density at radius 2 is 1.87 bits per heavy atom. The first-order valence-corrected chi connectivity index (χ1v) is 7.50. The van der Waals surface area contributed by atoms with Crippen molar-refractivity contribution in [3.05, 3.63) is 30.0 Å². The molecule has 2 N–H and O–H groups in total. The summed E-state index contributed by atoms with van der Waals surface area (Å²) < 4.78 is 10.5. The molecule has 7 nitrogen and oxygen atoms in total. The topological polar surface area (TPSA) is 81.2 Å². The summed E-state index contributed by atoms with van der Waals surface area (Å²) >= 11 is 0. The number of rotatable bonds is 8. The van der Waals surface area contributed by atoms with Crippen LogP contribution in [0.2, 0.25) is 0 Å². The zero-order valence-electron chi connectivity index (χ0n) is 14.0. The summed E-state index contributed by atoms with van der Waals surface area (Å²) in [5.74, 6) is 3.12. The van der Waals surface area contributed by atoms with Crippen LogP contribution in [0.25, 0.3) is 0 Å². The Hall–Kier alpha value is -2.57. The van der Waals surface area contributed by atoms with Crippen molar-refractivity contribution in [2.45, 2.75) is 20.4 Å². The molecular formula is C16H23N5O2. The quantitative estimate of drug-likeness (QED) is 0.774. The molecule has 2 rings (SSSR count). The number of nitrogens with zero attached hydrogens (tertiary/aromatic N) is 3. The third-order valence-corrected chi connectivity index (χ3v) is 3.15. The van der Waals surface area contributed by atoms with Crippen LogP contribution in [0.3, 0.4) is 0 Å². The number of benzene rings is 1. The average molecular weight is 317 g/mol. The maximum atomic E-state index is 5.30. The minimum atomic E-state index is 0.480. The second-order valence-electron chi connectivity index (χ2n) is 5.48. The van der Waals surface area contributed by atoms with E-state index in [2.05, 4.69) is 39.7 Å². The first-order valence-electron chi connectivity index (χ1n) is 7.50. The van der Waals surface area contributed by atoms with E-state index in [0.717, 1.165) is 12.1 Å². The summed E-state index contributed by atoms with van der Waals surface area (Å²) in [6.45, 7) is 5.68. The van der Waals surface area contributed by atoms with Gasteiger partial charge in [-0.25, -0.2) is 0 Å². The van der Waals surface area contributed by atoms with Gasteiger partial charge in [-0.2, -0.15) is 10.1 Å². The lowest BCUT2D eigenvalue weighted by Crippen LogP contribution is -2.11. The van der Waals surface area contributed by atoms with Crippen LogP contribution in [0, 0.1) is 5.92 Å². The van der Waals surface area contributed by atoms with Crippen LogP contribution < -0.4 is 20.1 Å². The van der Waals surface area contributed by atoms with Gasteiger partial charge in [0.05, 0.1) is 20.4 Å². The molecule has 0 aliphatic rings. The summed E-state index contributed by atoms with van der Waals surface area (Å²) in [6.07, 6.45) is 1.62. The first kappa shape index (κ1) is 16.8. The first-order chi connectivity index (χ1) is 11.1. The predicted molar refractivity (Wildman–Crippen MR) is 90.0 cm³/mol. The molecule has 0 spiro atoms. The van der Waals surface area contributed by atoms with Crippen molar-refractivity contribution in [2.75, 3.05) is 31.4 Å². The molecule has 0 saturated carbocycles. The average Bonchev–Trinajstić information content (AvgIpc) is 2.58. The SMILES string of the molecule is COc1ccc(CNc2nncc(NCC(C)C)n2)cc1OC. The van der Waals surface area contributed by atoms with Crippen LogP contribution in [-0.2, 0) is 6.54 Å². The van der Waals surface area contributed by atoms with E-state index in [1.165, 1.54) is 0 Å². The standard InChI is InChI=1S/C16H23N5O2/c1-11(2)8-17-15-10-19-21-16(20-15)18-9-12-5-6-13(22-3)14(7-12)23-4/h5-7,10-11H,8-9H2,1-4H3,(H2,17,18,20,21). The summed E-state index contributed by atoms with van der Waals surface area (Å²) in [6, 6.07) is 5.75. The highest BCUT2D eigenvalue weighted by Gasteiger charge is 2.06. The third-order valence-electron chi connectivity index (χ3n) is 3.15. The Kier molecular flexibility index (Phi) is 5.96. The number of methoxy groups -OCH3 is 2. The van der Waals surface area contributed by atoms with Gasteiger partial charge in [0.2, 0.25) is 5.95 Å². The lowest BCUT2D eigenvalue weighted by Gasteiger charge is -2.11. The van der Waals surface area contributed by atoms with Gasteiger partial charge in [0.1, 0.15) is 0 Å². The molecule has 7 heteroatoms. The van der Waals surface area contributed by atoms with Crippen LogP contribution in [0.5, 0.6) is 11.5 Å². The molecule has 0 fully saturated rings. The van der Waals surface area contributed by atoms with Crippen molar-refractivity contribution < 1.29 is 9.47 Å². The Morgan fingerprint density at radius 1 is 1.09 bits per heavy atom. The van der Waals surface area contributed by atoms with E-state index in [1.54, 1.807) is 20.4 Å². The smallest absolute Gasteiger partial charge is 0.244 e. The van der Waals surface area contributed by atoms with Gasteiger partial charge >= 0.3 is 0 Å². The highest BCUT2D eigenvalue weighted by molar-refractivity contribution is 5.44. The Labute approximate surface area is 136 Å². The van der Waals surface area contributed by atoms with E-state index in [9.17, 15) is 0 Å². The summed E-state index contributed by atoms with van der Waals surface area (Å²) in [5, 5.41) is 14.3. The second kappa shape index (κ2) is 8.17. The van der Waals surface area contributed by atoms with Crippen molar-refractivity contribution >= 4 is 11.8 Å². The van der Waals surface area contributed by atoms with Gasteiger partial charge < -0.3 is 20.1 Å². The molecule has 0 amide bonds. The summed E-state index contributed by atoms with van der Waals surface area (Å²) in [4.78, 5) is 4.38. The maximum absolute atomic E-state index is 5.30. The largest absolute Gasteiger partial charge is 0.493 e. The minimum Gasteiger partial charge on any atom is -0.493 e. The van der Waals surface area contributed by atoms with Crippen LogP contribution in [0.15, 0.2) is 24.4 Å². The Bertz CT molecular complexity index is 634. The number of nitrogens with one attached hydrogen (secondary N) is 2. The number of anilines is 2. The van der Waals surface area contributed by atoms with Crippen LogP contribution in [0.4, 0.5) is 11.8 Å². The summed E-state index contributed by atoms with van der Waals surface area (Å²) in [7, 11) is 3.23. The molecule has 2 aromatic rings. The highest BCUT2D eigenvalue weighted by atomic mass is 16.5. The summed E-state index contributed by atoms with van der Waals surface area (Å²) in [5.41, 5.74) is 1.03. The fourth-order valence-electron chi connectivity index (χ4n) is 1.94. The van der Waals surface area contributed by atoms with Gasteiger partial charge in [-0.15, -0.1) is 5.10 Å². The molecule has 0 atom stereocenters. The molecule has 23 heavy (non-hydrogen) atoms. The fourth-order valence-corrected chi connectivity index (χ4v) is 1.94. The van der Waals surface area contributed by atoms with Gasteiger partial charge in [0, 0.05) is 13.1 Å². The van der Waals surface area contributed by atoms with Crippen LogP contribution in [-0.4, -0.2) is 35.9 Å². The van der Waals surface area contributed by atoms with E-state index in [-0.39, 0.29) is 0 Å². The molecular weight excluding hydrogens is 294 g/mol. The molecule has 0 aliphatic heterocycles.